The number of nitrogens with zero attached hydrogens (tertiary/aromatic N) is 1. The number of aromatic amines is 1. The molecule has 1 heterocycles. The van der Waals surface area contributed by atoms with Gasteiger partial charge >= 0.3 is 0 Å². The highest BCUT2D eigenvalue weighted by Crippen LogP contribution is 2.33. The van der Waals surface area contributed by atoms with Crippen molar-refractivity contribution in [3.63, 3.8) is 0 Å². The Balaban J connectivity index is 2.62. The Bertz CT molecular complexity index is 512. The summed E-state index contributed by atoms with van der Waals surface area (Å²) in [5, 5.41) is 15.9. The lowest BCUT2D eigenvalue weighted by Crippen LogP contribution is -1.84. The lowest BCUT2D eigenvalue weighted by atomic mass is 10.1. The maximum absolute atomic E-state index is 13.1. The van der Waals surface area contributed by atoms with Gasteiger partial charge in [0, 0.05) is 16.7 Å². The molecule has 0 aliphatic carbocycles. The second-order valence-corrected chi connectivity index (χ2v) is 3.43. The maximum atomic E-state index is 13.1. The first-order valence-electron chi connectivity index (χ1n) is 4.07. The second-order valence-electron chi connectivity index (χ2n) is 2.99. The first-order chi connectivity index (χ1) is 7.08. The Morgan fingerprint density at radius 3 is 2.73 bits per heavy atom. The van der Waals surface area contributed by atoms with Crippen LogP contribution < -0.4 is 5.73 Å². The number of hydrogen-bond acceptors (Lipinski definition) is 3. The number of aromatic nitrogens is 2. The van der Waals surface area contributed by atoms with E-state index in [-0.39, 0.29) is 16.4 Å². The van der Waals surface area contributed by atoms with Crippen molar-refractivity contribution in [1.82, 2.24) is 10.2 Å². The number of phenols is 1. The molecule has 6 heteroatoms. The Morgan fingerprint density at radius 2 is 2.13 bits per heavy atom. The van der Waals surface area contributed by atoms with Crippen LogP contribution in [0, 0.1) is 5.82 Å². The van der Waals surface area contributed by atoms with E-state index in [1.54, 1.807) is 0 Å². The first kappa shape index (κ1) is 9.79. The first-order valence-corrected chi connectivity index (χ1v) is 4.45. The van der Waals surface area contributed by atoms with Gasteiger partial charge in [0.2, 0.25) is 0 Å². The lowest BCUT2D eigenvalue weighted by molar-refractivity contribution is 0.434. The van der Waals surface area contributed by atoms with Crippen LogP contribution in [0.2, 0.25) is 5.02 Å². The van der Waals surface area contributed by atoms with Gasteiger partial charge in [0.25, 0.3) is 0 Å². The van der Waals surface area contributed by atoms with Crippen molar-refractivity contribution < 1.29 is 9.50 Å². The zero-order chi connectivity index (χ0) is 11.0. The van der Waals surface area contributed by atoms with Crippen molar-refractivity contribution in [3.8, 4) is 17.0 Å². The third kappa shape index (κ3) is 1.73. The molecule has 1 aromatic heterocycles. The van der Waals surface area contributed by atoms with E-state index in [1.807, 2.05) is 0 Å². The largest absolute Gasteiger partial charge is 0.504 e. The van der Waals surface area contributed by atoms with Crippen molar-refractivity contribution in [1.29, 1.82) is 0 Å². The van der Waals surface area contributed by atoms with E-state index in [1.165, 1.54) is 12.1 Å². The van der Waals surface area contributed by atoms with Crippen LogP contribution in [0.25, 0.3) is 11.3 Å². The van der Waals surface area contributed by atoms with Crippen LogP contribution in [0.1, 0.15) is 0 Å². The van der Waals surface area contributed by atoms with Crippen LogP contribution in [0.15, 0.2) is 18.2 Å². The Morgan fingerprint density at radius 1 is 1.40 bits per heavy atom. The molecule has 0 aliphatic heterocycles. The topological polar surface area (TPSA) is 74.9 Å². The Kier molecular flexibility index (Phi) is 2.24. The van der Waals surface area contributed by atoms with Gasteiger partial charge in [-0.25, -0.2) is 4.39 Å². The molecule has 0 saturated carbocycles. The molecular weight excluding hydrogens is 221 g/mol. The number of H-pyrrole nitrogens is 1. The average molecular weight is 228 g/mol. The van der Waals surface area contributed by atoms with E-state index >= 15 is 0 Å². The molecule has 0 fully saturated rings. The number of halogens is 2. The van der Waals surface area contributed by atoms with Gasteiger partial charge < -0.3 is 10.8 Å². The molecule has 0 spiro atoms. The third-order valence-electron chi connectivity index (χ3n) is 1.92. The van der Waals surface area contributed by atoms with Crippen molar-refractivity contribution in [2.24, 2.45) is 0 Å². The van der Waals surface area contributed by atoms with Gasteiger partial charge in [-0.15, -0.1) is 0 Å². The summed E-state index contributed by atoms with van der Waals surface area (Å²) in [7, 11) is 0. The normalized spacial score (nSPS) is 10.5. The molecule has 2 rings (SSSR count). The smallest absolute Gasteiger partial charge is 0.166 e. The Hall–Kier alpha value is -1.75. The van der Waals surface area contributed by atoms with Gasteiger partial charge in [-0.05, 0) is 12.1 Å². The van der Waals surface area contributed by atoms with Crippen molar-refractivity contribution >= 4 is 17.4 Å². The minimum atomic E-state index is -0.786. The molecule has 4 nitrogen and oxygen atoms in total. The van der Waals surface area contributed by atoms with Crippen LogP contribution in [-0.2, 0) is 0 Å². The number of phenolic OH excluding ortho intramolecular Hbond substituents is 1. The molecule has 0 aliphatic rings. The van der Waals surface area contributed by atoms with Gasteiger partial charge in [0.1, 0.15) is 5.82 Å². The molecule has 2 aromatic rings. The number of hydrogen-bond donors (Lipinski definition) is 3. The summed E-state index contributed by atoms with van der Waals surface area (Å²) in [6, 6.07) is 3.93. The molecule has 78 valence electrons. The van der Waals surface area contributed by atoms with Crippen LogP contribution in [0.3, 0.4) is 0 Å². The fraction of sp³-hybridized carbons (Fsp3) is 0. The van der Waals surface area contributed by atoms with E-state index in [2.05, 4.69) is 10.2 Å². The summed E-state index contributed by atoms with van der Waals surface area (Å²) < 4.78 is 13.1. The average Bonchev–Trinajstić information content (AvgIpc) is 2.58. The number of rotatable bonds is 1. The van der Waals surface area contributed by atoms with E-state index in [0.717, 1.165) is 6.07 Å². The molecule has 0 atom stereocenters. The summed E-state index contributed by atoms with van der Waals surface area (Å²) >= 11 is 5.66. The number of aromatic hydroxyl groups is 1. The predicted octanol–water partition coefficient (Wildman–Crippen LogP) is 2.16. The molecule has 1 aromatic carbocycles. The third-order valence-corrected chi connectivity index (χ3v) is 2.13. The second kappa shape index (κ2) is 3.43. The number of benzene rings is 1. The highest BCUT2D eigenvalue weighted by Gasteiger charge is 2.12. The number of anilines is 1. The number of nitrogen functional groups attached to an aromatic ring is 1. The van der Waals surface area contributed by atoms with Crippen LogP contribution in [0.4, 0.5) is 10.2 Å². The quantitative estimate of drug-likeness (QED) is 0.699. The maximum Gasteiger partial charge on any atom is 0.166 e. The highest BCUT2D eigenvalue weighted by atomic mass is 35.5. The van der Waals surface area contributed by atoms with Crippen molar-refractivity contribution in [3.05, 3.63) is 29.0 Å². The van der Waals surface area contributed by atoms with Gasteiger partial charge in [-0.3, -0.25) is 5.10 Å². The molecule has 4 N–H and O–H groups in total. The summed E-state index contributed by atoms with van der Waals surface area (Å²) in [5.41, 5.74) is 6.03. The summed E-state index contributed by atoms with van der Waals surface area (Å²) in [6.07, 6.45) is 0. The molecule has 15 heavy (non-hydrogen) atoms. The van der Waals surface area contributed by atoms with Gasteiger partial charge in [0.15, 0.2) is 11.6 Å². The van der Waals surface area contributed by atoms with Gasteiger partial charge in [-0.2, -0.15) is 5.10 Å². The van der Waals surface area contributed by atoms with Crippen LogP contribution >= 0.6 is 11.6 Å². The van der Waals surface area contributed by atoms with E-state index in [0.29, 0.717) is 5.69 Å². The summed E-state index contributed by atoms with van der Waals surface area (Å²) in [6.45, 7) is 0. The minimum Gasteiger partial charge on any atom is -0.504 e. The van der Waals surface area contributed by atoms with E-state index < -0.39 is 11.6 Å². The fourth-order valence-corrected chi connectivity index (χ4v) is 1.45. The van der Waals surface area contributed by atoms with E-state index in [4.69, 9.17) is 17.3 Å². The standard InChI is InChI=1S/C9H7ClFN3O/c10-4-1-5(9(15)6(11)2-4)7-3-8(12)14-13-7/h1-3,15H,(H3,12,13,14). The molecule has 0 amide bonds. The van der Waals surface area contributed by atoms with Crippen LogP contribution in [-0.4, -0.2) is 15.3 Å². The summed E-state index contributed by atoms with van der Waals surface area (Å²) in [5.74, 6) is -1.02. The molecular formula is C9H7ClFN3O. The minimum absolute atomic E-state index is 0.188. The Labute approximate surface area is 89.5 Å². The van der Waals surface area contributed by atoms with Crippen LogP contribution in [0.5, 0.6) is 5.75 Å². The fourth-order valence-electron chi connectivity index (χ4n) is 1.25. The van der Waals surface area contributed by atoms with Gasteiger partial charge in [-0.1, -0.05) is 11.6 Å². The molecule has 0 radical (unpaired) electrons. The SMILES string of the molecule is Nc1cc(-c2cc(Cl)cc(F)c2O)[nH]n1. The monoisotopic (exact) mass is 227 g/mol. The van der Waals surface area contributed by atoms with E-state index in [9.17, 15) is 9.50 Å². The zero-order valence-electron chi connectivity index (χ0n) is 7.46. The van der Waals surface area contributed by atoms with Crippen molar-refractivity contribution in [2.75, 3.05) is 5.73 Å². The summed E-state index contributed by atoms with van der Waals surface area (Å²) in [4.78, 5) is 0. The lowest BCUT2D eigenvalue weighted by Gasteiger charge is -2.03. The molecule has 0 bridgehead atoms. The predicted molar refractivity (Wildman–Crippen MR) is 55.1 cm³/mol. The van der Waals surface area contributed by atoms with Gasteiger partial charge in [0.05, 0.1) is 5.69 Å². The van der Waals surface area contributed by atoms with Crippen molar-refractivity contribution in [2.45, 2.75) is 0 Å². The molecule has 0 saturated heterocycles. The number of nitrogens with one attached hydrogen (secondary N) is 1. The zero-order valence-corrected chi connectivity index (χ0v) is 8.22. The number of nitrogens with two attached hydrogens (primary N) is 1. The molecule has 0 unspecified atom stereocenters. The highest BCUT2D eigenvalue weighted by molar-refractivity contribution is 6.31.